The van der Waals surface area contributed by atoms with E-state index in [-0.39, 0.29) is 16.2 Å². The molecule has 33 heavy (non-hydrogen) atoms. The number of anilines is 1. The Morgan fingerprint density at radius 3 is 2.30 bits per heavy atom. The molecule has 1 saturated heterocycles. The second-order valence-corrected chi connectivity index (χ2v) is 8.18. The molecule has 0 saturated carbocycles. The Balaban J connectivity index is 1.62. The summed E-state index contributed by atoms with van der Waals surface area (Å²) in [7, 11) is 0. The van der Waals surface area contributed by atoms with Crippen LogP contribution in [0.15, 0.2) is 70.7 Å². The summed E-state index contributed by atoms with van der Waals surface area (Å²) in [5.41, 5.74) is 2.39. The second kappa shape index (κ2) is 8.84. The van der Waals surface area contributed by atoms with Gasteiger partial charge in [-0.15, -0.1) is 0 Å². The third-order valence-corrected chi connectivity index (χ3v) is 5.53. The minimum atomic E-state index is -1.02. The minimum Gasteiger partial charge on any atom is -0.478 e. The van der Waals surface area contributed by atoms with Gasteiger partial charge in [-0.3, -0.25) is 19.8 Å². The smallest absolute Gasteiger partial charge is 0.335 e. The molecule has 0 radical (unpaired) electrons. The molecule has 0 spiro atoms. The molecule has 3 aromatic rings. The van der Waals surface area contributed by atoms with Crippen LogP contribution in [0.25, 0.3) is 17.4 Å². The predicted octanol–water partition coefficient (Wildman–Crippen LogP) is 4.60. The van der Waals surface area contributed by atoms with Crippen LogP contribution in [0, 0.1) is 0 Å². The summed E-state index contributed by atoms with van der Waals surface area (Å²) in [5.74, 6) is -1.07. The topological polar surface area (TPSA) is 99.8 Å². The molecule has 2 amide bonds. The Bertz CT molecular complexity index is 1290. The fourth-order valence-corrected chi connectivity index (χ4v) is 3.69. The van der Waals surface area contributed by atoms with Crippen LogP contribution in [0.4, 0.5) is 5.69 Å². The molecule has 7 nitrogen and oxygen atoms in total. The fraction of sp³-hybridized carbons (Fsp3) is 0.120. The Hall–Kier alpha value is -4.04. The number of carboxylic acids is 1. The summed E-state index contributed by atoms with van der Waals surface area (Å²) in [6.45, 7) is 4.15. The van der Waals surface area contributed by atoms with Crippen molar-refractivity contribution in [3.8, 4) is 11.3 Å². The van der Waals surface area contributed by atoms with Gasteiger partial charge in [0.25, 0.3) is 11.8 Å². The molecule has 0 aliphatic carbocycles. The van der Waals surface area contributed by atoms with E-state index < -0.39 is 17.8 Å². The lowest BCUT2D eigenvalue weighted by molar-refractivity contribution is -0.122. The first-order valence-corrected chi connectivity index (χ1v) is 10.6. The number of nitrogens with one attached hydrogen (secondary N) is 1. The number of benzene rings is 2. The summed E-state index contributed by atoms with van der Waals surface area (Å²) in [6.07, 6.45) is 1.37. The number of carbonyl (C=O) groups is 3. The Morgan fingerprint density at radius 2 is 1.70 bits per heavy atom. The van der Waals surface area contributed by atoms with Crippen LogP contribution in [-0.2, 0) is 9.59 Å². The molecule has 1 aliphatic rings. The van der Waals surface area contributed by atoms with E-state index in [2.05, 4.69) is 19.2 Å². The van der Waals surface area contributed by atoms with Crippen molar-refractivity contribution in [3.63, 3.8) is 0 Å². The van der Waals surface area contributed by atoms with Gasteiger partial charge < -0.3 is 9.52 Å². The summed E-state index contributed by atoms with van der Waals surface area (Å²) in [4.78, 5) is 38.0. The first-order chi connectivity index (χ1) is 15.7. The molecule has 2 heterocycles. The highest BCUT2D eigenvalue weighted by atomic mass is 32.1. The predicted molar refractivity (Wildman–Crippen MR) is 128 cm³/mol. The van der Waals surface area contributed by atoms with Gasteiger partial charge in [0.15, 0.2) is 5.11 Å². The molecule has 4 rings (SSSR count). The van der Waals surface area contributed by atoms with Crippen LogP contribution in [0.5, 0.6) is 0 Å². The van der Waals surface area contributed by atoms with Gasteiger partial charge in [-0.25, -0.2) is 4.79 Å². The van der Waals surface area contributed by atoms with Gasteiger partial charge in [-0.05, 0) is 66.2 Å². The van der Waals surface area contributed by atoms with E-state index in [1.807, 2.05) is 12.1 Å². The maximum atomic E-state index is 13.2. The van der Waals surface area contributed by atoms with E-state index in [1.54, 1.807) is 36.4 Å². The largest absolute Gasteiger partial charge is 0.478 e. The number of hydrogen-bond donors (Lipinski definition) is 2. The van der Waals surface area contributed by atoms with Gasteiger partial charge in [0.05, 0.1) is 11.3 Å². The van der Waals surface area contributed by atoms with Crippen LogP contribution in [0.3, 0.4) is 0 Å². The molecular weight excluding hydrogens is 440 g/mol. The average Bonchev–Trinajstić information content (AvgIpc) is 3.25. The lowest BCUT2D eigenvalue weighted by atomic mass is 10.0. The van der Waals surface area contributed by atoms with Crippen molar-refractivity contribution in [2.24, 2.45) is 0 Å². The molecule has 8 heteroatoms. The number of nitrogens with zero attached hydrogens (tertiary/aromatic N) is 1. The standard InChI is InChI=1S/C25H20N2O5S/c1-14(2)15-7-9-18(10-8-15)27-23(29)20(22(28)26-25(27)33)13-19-11-12-21(32-19)16-3-5-17(6-4-16)24(30)31/h3-14H,1-2H3,(H,30,31)(H,26,28,33)/b20-13+. The fourth-order valence-electron chi connectivity index (χ4n) is 3.41. The molecule has 0 atom stereocenters. The third-order valence-electron chi connectivity index (χ3n) is 5.25. The van der Waals surface area contributed by atoms with Crippen molar-refractivity contribution in [3.05, 3.63) is 83.1 Å². The van der Waals surface area contributed by atoms with E-state index >= 15 is 0 Å². The lowest BCUT2D eigenvalue weighted by Crippen LogP contribution is -2.54. The van der Waals surface area contributed by atoms with E-state index in [0.29, 0.717) is 28.7 Å². The maximum absolute atomic E-state index is 13.2. The molecule has 1 aliphatic heterocycles. The van der Waals surface area contributed by atoms with Crippen LogP contribution >= 0.6 is 12.2 Å². The molecule has 2 aromatic carbocycles. The number of amides is 2. The van der Waals surface area contributed by atoms with E-state index in [9.17, 15) is 14.4 Å². The number of rotatable bonds is 5. The highest BCUT2D eigenvalue weighted by molar-refractivity contribution is 7.80. The number of hydrogen-bond acceptors (Lipinski definition) is 5. The molecule has 166 valence electrons. The SMILES string of the molecule is CC(C)c1ccc(N2C(=O)/C(=C/c3ccc(-c4ccc(C(=O)O)cc4)o3)C(=O)NC2=S)cc1. The van der Waals surface area contributed by atoms with Crippen LogP contribution in [0.2, 0.25) is 0 Å². The second-order valence-electron chi connectivity index (χ2n) is 7.79. The quantitative estimate of drug-likeness (QED) is 0.328. The van der Waals surface area contributed by atoms with Gasteiger partial charge in [0.1, 0.15) is 17.1 Å². The molecule has 1 aromatic heterocycles. The zero-order valence-electron chi connectivity index (χ0n) is 17.9. The Kier molecular flexibility index (Phi) is 5.93. The normalized spacial score (nSPS) is 15.3. The number of carbonyl (C=O) groups excluding carboxylic acids is 2. The van der Waals surface area contributed by atoms with Crippen molar-refractivity contribution in [2.45, 2.75) is 19.8 Å². The van der Waals surface area contributed by atoms with Gasteiger partial charge in [-0.2, -0.15) is 0 Å². The third kappa shape index (κ3) is 4.47. The van der Waals surface area contributed by atoms with E-state index in [4.69, 9.17) is 21.7 Å². The van der Waals surface area contributed by atoms with Crippen molar-refractivity contribution < 1.29 is 23.9 Å². The monoisotopic (exact) mass is 460 g/mol. The number of thiocarbonyl (C=S) groups is 1. The van der Waals surface area contributed by atoms with Crippen molar-refractivity contribution in [1.29, 1.82) is 0 Å². The molecule has 1 fully saturated rings. The molecule has 0 bridgehead atoms. The molecular formula is C25H20N2O5S. The first kappa shape index (κ1) is 22.2. The molecule has 0 unspecified atom stereocenters. The van der Waals surface area contributed by atoms with Gasteiger partial charge in [0, 0.05) is 5.56 Å². The van der Waals surface area contributed by atoms with Crippen LogP contribution in [0.1, 0.15) is 41.4 Å². The summed E-state index contributed by atoms with van der Waals surface area (Å²) in [6, 6.07) is 16.9. The first-order valence-electron chi connectivity index (χ1n) is 10.2. The number of carboxylic acid groups (broad SMARTS) is 1. The van der Waals surface area contributed by atoms with E-state index in [0.717, 1.165) is 5.56 Å². The van der Waals surface area contributed by atoms with Crippen molar-refractivity contribution >= 4 is 46.9 Å². The Morgan fingerprint density at radius 1 is 1.03 bits per heavy atom. The highest BCUT2D eigenvalue weighted by Gasteiger charge is 2.34. The van der Waals surface area contributed by atoms with Gasteiger partial charge >= 0.3 is 5.97 Å². The molecule has 2 N–H and O–H groups in total. The van der Waals surface area contributed by atoms with Gasteiger partial charge in [0.2, 0.25) is 0 Å². The summed E-state index contributed by atoms with van der Waals surface area (Å²) >= 11 is 5.24. The van der Waals surface area contributed by atoms with E-state index in [1.165, 1.54) is 23.1 Å². The average molecular weight is 461 g/mol. The minimum absolute atomic E-state index is 0.0121. The van der Waals surface area contributed by atoms with Gasteiger partial charge in [-0.1, -0.05) is 38.1 Å². The Labute approximate surface area is 195 Å². The van der Waals surface area contributed by atoms with Crippen molar-refractivity contribution in [1.82, 2.24) is 5.32 Å². The number of furan rings is 1. The maximum Gasteiger partial charge on any atom is 0.335 e. The summed E-state index contributed by atoms with van der Waals surface area (Å²) < 4.78 is 5.77. The lowest BCUT2D eigenvalue weighted by Gasteiger charge is -2.29. The number of aromatic carboxylic acids is 1. The highest BCUT2D eigenvalue weighted by Crippen LogP contribution is 2.27. The van der Waals surface area contributed by atoms with Crippen LogP contribution in [-0.4, -0.2) is 28.0 Å². The summed E-state index contributed by atoms with van der Waals surface area (Å²) in [5, 5.41) is 11.6. The van der Waals surface area contributed by atoms with Crippen molar-refractivity contribution in [2.75, 3.05) is 4.90 Å². The van der Waals surface area contributed by atoms with Crippen LogP contribution < -0.4 is 10.2 Å². The zero-order chi connectivity index (χ0) is 23.7. The zero-order valence-corrected chi connectivity index (χ0v) is 18.7.